The third-order valence-corrected chi connectivity index (χ3v) is 3.34. The zero-order valence-electron chi connectivity index (χ0n) is 9.78. The van der Waals surface area contributed by atoms with Crippen LogP contribution in [0.3, 0.4) is 0 Å². The Kier molecular flexibility index (Phi) is 3.03. The van der Waals surface area contributed by atoms with E-state index in [2.05, 4.69) is 37.9 Å². The van der Waals surface area contributed by atoms with E-state index in [1.165, 1.54) is 19.4 Å². The zero-order chi connectivity index (χ0) is 10.1. The molecule has 0 aromatic heterocycles. The minimum absolute atomic E-state index is 0.238. The van der Waals surface area contributed by atoms with Gasteiger partial charge in [-0.2, -0.15) is 0 Å². The Labute approximate surface area is 82.7 Å². The molecule has 1 aliphatic rings. The molecule has 1 fully saturated rings. The number of likely N-dealkylation sites (N-methyl/N-ethyl adjacent to an activating group) is 1. The number of nitrogens with zero attached hydrogens (tertiary/aromatic N) is 1. The van der Waals surface area contributed by atoms with Crippen molar-refractivity contribution in [3.8, 4) is 0 Å². The first-order valence-corrected chi connectivity index (χ1v) is 5.31. The average Bonchev–Trinajstić information content (AvgIpc) is 2.31. The molecule has 1 saturated heterocycles. The second-order valence-corrected chi connectivity index (χ2v) is 5.47. The van der Waals surface area contributed by atoms with E-state index in [0.717, 1.165) is 6.54 Å². The molecule has 1 rings (SSSR count). The van der Waals surface area contributed by atoms with E-state index in [-0.39, 0.29) is 5.54 Å². The molecule has 1 N–H and O–H groups in total. The van der Waals surface area contributed by atoms with E-state index in [4.69, 9.17) is 0 Å². The third-order valence-electron chi connectivity index (χ3n) is 3.34. The Morgan fingerprint density at radius 3 is 2.38 bits per heavy atom. The minimum atomic E-state index is 0.238. The number of likely N-dealkylation sites (tertiary alicyclic amines) is 1. The minimum Gasteiger partial charge on any atom is -0.314 e. The summed E-state index contributed by atoms with van der Waals surface area (Å²) in [7, 11) is 2.04. The van der Waals surface area contributed by atoms with Gasteiger partial charge in [-0.3, -0.25) is 4.90 Å². The zero-order valence-corrected chi connectivity index (χ0v) is 9.78. The molecule has 0 aliphatic carbocycles. The number of hydrogen-bond acceptors (Lipinski definition) is 2. The monoisotopic (exact) mass is 184 g/mol. The molecule has 0 amide bonds. The van der Waals surface area contributed by atoms with Crippen LogP contribution in [-0.2, 0) is 0 Å². The summed E-state index contributed by atoms with van der Waals surface area (Å²) >= 11 is 0. The number of rotatable bonds is 3. The van der Waals surface area contributed by atoms with Crippen LogP contribution in [0.1, 0.15) is 40.5 Å². The highest BCUT2D eigenvalue weighted by Gasteiger charge is 2.34. The first-order valence-electron chi connectivity index (χ1n) is 5.31. The molecule has 0 saturated carbocycles. The van der Waals surface area contributed by atoms with Gasteiger partial charge in [-0.15, -0.1) is 0 Å². The van der Waals surface area contributed by atoms with Crippen LogP contribution < -0.4 is 5.32 Å². The van der Waals surface area contributed by atoms with Crippen molar-refractivity contribution in [3.63, 3.8) is 0 Å². The van der Waals surface area contributed by atoms with Crippen LogP contribution >= 0.6 is 0 Å². The highest BCUT2D eigenvalue weighted by Crippen LogP contribution is 2.29. The van der Waals surface area contributed by atoms with Gasteiger partial charge < -0.3 is 5.32 Å². The van der Waals surface area contributed by atoms with E-state index in [9.17, 15) is 0 Å². The predicted octanol–water partition coefficient (Wildman–Crippen LogP) is 1.86. The normalized spacial score (nSPS) is 23.8. The van der Waals surface area contributed by atoms with Crippen molar-refractivity contribution in [2.75, 3.05) is 20.1 Å². The van der Waals surface area contributed by atoms with Crippen LogP contribution in [0.4, 0.5) is 0 Å². The van der Waals surface area contributed by atoms with Crippen molar-refractivity contribution in [1.29, 1.82) is 0 Å². The van der Waals surface area contributed by atoms with E-state index in [1.807, 2.05) is 7.05 Å². The standard InChI is InChI=1S/C11H24N2/c1-10(2,12-5)9-13-8-6-7-11(13,3)4/h12H,6-9H2,1-5H3. The van der Waals surface area contributed by atoms with Crippen LogP contribution in [0, 0.1) is 0 Å². The van der Waals surface area contributed by atoms with Crippen LogP contribution in [0.25, 0.3) is 0 Å². The van der Waals surface area contributed by atoms with Crippen LogP contribution in [0.5, 0.6) is 0 Å². The first-order chi connectivity index (χ1) is 5.87. The van der Waals surface area contributed by atoms with E-state index < -0.39 is 0 Å². The Bertz CT molecular complexity index is 173. The number of hydrogen-bond donors (Lipinski definition) is 1. The predicted molar refractivity (Wildman–Crippen MR) is 58.0 cm³/mol. The molecular formula is C11H24N2. The SMILES string of the molecule is CNC(C)(C)CN1CCCC1(C)C. The Morgan fingerprint density at radius 2 is 2.00 bits per heavy atom. The molecule has 1 aliphatic heterocycles. The van der Waals surface area contributed by atoms with E-state index in [1.54, 1.807) is 0 Å². The smallest absolute Gasteiger partial charge is 0.0249 e. The van der Waals surface area contributed by atoms with Crippen molar-refractivity contribution >= 4 is 0 Å². The van der Waals surface area contributed by atoms with Crippen molar-refractivity contribution < 1.29 is 0 Å². The molecule has 0 aromatic carbocycles. The van der Waals surface area contributed by atoms with Crippen molar-refractivity contribution in [1.82, 2.24) is 10.2 Å². The van der Waals surface area contributed by atoms with Crippen molar-refractivity contribution in [2.45, 2.75) is 51.6 Å². The van der Waals surface area contributed by atoms with Gasteiger partial charge in [0, 0.05) is 17.6 Å². The Hall–Kier alpha value is -0.0800. The highest BCUT2D eigenvalue weighted by atomic mass is 15.2. The summed E-state index contributed by atoms with van der Waals surface area (Å²) in [4.78, 5) is 2.60. The maximum absolute atomic E-state index is 3.36. The fourth-order valence-corrected chi connectivity index (χ4v) is 2.01. The molecule has 0 radical (unpaired) electrons. The van der Waals surface area contributed by atoms with Crippen LogP contribution in [0.15, 0.2) is 0 Å². The largest absolute Gasteiger partial charge is 0.314 e. The molecule has 2 heteroatoms. The van der Waals surface area contributed by atoms with Gasteiger partial charge in [0.25, 0.3) is 0 Å². The number of nitrogens with one attached hydrogen (secondary N) is 1. The highest BCUT2D eigenvalue weighted by molar-refractivity contribution is 4.92. The van der Waals surface area contributed by atoms with Crippen molar-refractivity contribution in [2.24, 2.45) is 0 Å². The third kappa shape index (κ3) is 2.68. The summed E-state index contributed by atoms with van der Waals surface area (Å²) < 4.78 is 0. The first kappa shape index (κ1) is 11.0. The van der Waals surface area contributed by atoms with E-state index >= 15 is 0 Å². The second-order valence-electron chi connectivity index (χ2n) is 5.47. The Morgan fingerprint density at radius 1 is 1.38 bits per heavy atom. The molecule has 0 atom stereocenters. The Balaban J connectivity index is 2.54. The lowest BCUT2D eigenvalue weighted by atomic mass is 9.99. The molecule has 0 bridgehead atoms. The molecular weight excluding hydrogens is 160 g/mol. The van der Waals surface area contributed by atoms with Crippen LogP contribution in [-0.4, -0.2) is 36.1 Å². The molecule has 2 nitrogen and oxygen atoms in total. The lowest BCUT2D eigenvalue weighted by Gasteiger charge is -2.38. The van der Waals surface area contributed by atoms with Crippen molar-refractivity contribution in [3.05, 3.63) is 0 Å². The van der Waals surface area contributed by atoms with Gasteiger partial charge in [0.1, 0.15) is 0 Å². The van der Waals surface area contributed by atoms with Gasteiger partial charge in [-0.1, -0.05) is 0 Å². The summed E-state index contributed by atoms with van der Waals surface area (Å²) in [5.41, 5.74) is 0.649. The molecule has 1 heterocycles. The summed E-state index contributed by atoms with van der Waals surface area (Å²) in [6, 6.07) is 0. The second kappa shape index (κ2) is 3.58. The maximum Gasteiger partial charge on any atom is 0.0249 e. The molecule has 13 heavy (non-hydrogen) atoms. The van der Waals surface area contributed by atoms with Gasteiger partial charge in [0.05, 0.1) is 0 Å². The fraction of sp³-hybridized carbons (Fsp3) is 1.00. The molecule has 78 valence electrons. The van der Waals surface area contributed by atoms with Gasteiger partial charge in [0.2, 0.25) is 0 Å². The summed E-state index contributed by atoms with van der Waals surface area (Å²) in [6.45, 7) is 11.6. The van der Waals surface area contributed by atoms with Gasteiger partial charge >= 0.3 is 0 Å². The lowest BCUT2D eigenvalue weighted by molar-refractivity contribution is 0.134. The molecule has 0 spiro atoms. The van der Waals surface area contributed by atoms with Gasteiger partial charge in [-0.25, -0.2) is 0 Å². The van der Waals surface area contributed by atoms with Gasteiger partial charge in [-0.05, 0) is 54.1 Å². The lowest BCUT2D eigenvalue weighted by Crippen LogP contribution is -2.51. The topological polar surface area (TPSA) is 15.3 Å². The van der Waals surface area contributed by atoms with E-state index in [0.29, 0.717) is 5.54 Å². The maximum atomic E-state index is 3.36. The quantitative estimate of drug-likeness (QED) is 0.720. The summed E-state index contributed by atoms with van der Waals surface area (Å²) in [6.07, 6.45) is 2.69. The fourth-order valence-electron chi connectivity index (χ4n) is 2.01. The summed E-state index contributed by atoms with van der Waals surface area (Å²) in [5, 5.41) is 3.36. The van der Waals surface area contributed by atoms with Gasteiger partial charge in [0.15, 0.2) is 0 Å². The molecule has 0 aromatic rings. The summed E-state index contributed by atoms with van der Waals surface area (Å²) in [5.74, 6) is 0. The van der Waals surface area contributed by atoms with Crippen LogP contribution in [0.2, 0.25) is 0 Å². The average molecular weight is 184 g/mol. The molecule has 0 unspecified atom stereocenters.